The molecule has 1 saturated heterocycles. The molecule has 1 aliphatic heterocycles. The summed E-state index contributed by atoms with van der Waals surface area (Å²) in [6, 6.07) is 1.87. The molecule has 0 radical (unpaired) electrons. The van der Waals surface area contributed by atoms with Crippen LogP contribution in [0.25, 0.3) is 0 Å². The Morgan fingerprint density at radius 1 is 1.07 bits per heavy atom. The number of rotatable bonds is 6. The van der Waals surface area contributed by atoms with Gasteiger partial charge in [-0.05, 0) is 37.8 Å². The molecule has 1 aliphatic carbocycles. The number of hydrogen-bond donors (Lipinski definition) is 2. The van der Waals surface area contributed by atoms with E-state index in [2.05, 4.69) is 10.0 Å². The Bertz CT molecular complexity index is 994. The summed E-state index contributed by atoms with van der Waals surface area (Å²) in [6.07, 6.45) is 3.86. The van der Waals surface area contributed by atoms with E-state index in [1.54, 1.807) is 0 Å². The van der Waals surface area contributed by atoms with Gasteiger partial charge in [0.15, 0.2) is 0 Å². The van der Waals surface area contributed by atoms with Gasteiger partial charge in [-0.3, -0.25) is 4.79 Å². The van der Waals surface area contributed by atoms with Crippen LogP contribution in [0.15, 0.2) is 17.0 Å². The summed E-state index contributed by atoms with van der Waals surface area (Å²) < 4.78 is 52.3. The second-order valence-electron chi connectivity index (χ2n) is 7.09. The fourth-order valence-electron chi connectivity index (χ4n) is 3.02. The molecule has 0 spiro atoms. The molecule has 2 N–H and O–H groups in total. The number of sulfonamides is 2. The third-order valence-corrected chi connectivity index (χ3v) is 8.21. The first-order chi connectivity index (χ1) is 13.0. The zero-order valence-corrected chi connectivity index (χ0v) is 18.3. The van der Waals surface area contributed by atoms with Gasteiger partial charge in [0.2, 0.25) is 20.0 Å². The molecule has 1 aromatic rings. The van der Waals surface area contributed by atoms with Crippen LogP contribution in [0, 0.1) is 0 Å². The Hall–Kier alpha value is -0.910. The van der Waals surface area contributed by atoms with Crippen LogP contribution >= 0.6 is 23.2 Å². The minimum atomic E-state index is -3.87. The normalized spacial score (nSPS) is 21.5. The third kappa shape index (κ3) is 5.17. The van der Waals surface area contributed by atoms with Crippen LogP contribution in [0.4, 0.5) is 0 Å². The van der Waals surface area contributed by atoms with Gasteiger partial charge in [-0.2, -0.15) is 0 Å². The molecule has 0 aromatic heterocycles. The number of halogens is 2. The largest absolute Gasteiger partial charge is 0.348 e. The highest BCUT2D eigenvalue weighted by molar-refractivity contribution is 7.89. The van der Waals surface area contributed by atoms with E-state index >= 15 is 0 Å². The van der Waals surface area contributed by atoms with Crippen LogP contribution in [0.1, 0.15) is 36.0 Å². The molecule has 1 saturated carbocycles. The van der Waals surface area contributed by atoms with Crippen LogP contribution in [-0.2, 0) is 20.0 Å². The Kier molecular flexibility index (Phi) is 6.29. The van der Waals surface area contributed by atoms with Crippen molar-refractivity contribution in [2.75, 3.05) is 19.3 Å². The van der Waals surface area contributed by atoms with Crippen LogP contribution in [-0.4, -0.2) is 58.5 Å². The molecule has 1 atom stereocenters. The summed E-state index contributed by atoms with van der Waals surface area (Å²) in [5, 5.41) is 2.69. The molecule has 2 aliphatic rings. The Morgan fingerprint density at radius 3 is 2.36 bits per heavy atom. The molecule has 156 valence electrons. The number of carbonyl (C=O) groups excluding carboxylic acids is 1. The minimum Gasteiger partial charge on any atom is -0.348 e. The average molecular weight is 470 g/mol. The quantitative estimate of drug-likeness (QED) is 0.656. The molecule has 8 nitrogen and oxygen atoms in total. The summed E-state index contributed by atoms with van der Waals surface area (Å²) in [6.45, 7) is 0.562. The van der Waals surface area contributed by atoms with Crippen LogP contribution < -0.4 is 10.0 Å². The second kappa shape index (κ2) is 8.08. The number of hydrogen-bond acceptors (Lipinski definition) is 5. The number of nitrogens with zero attached hydrogens (tertiary/aromatic N) is 1. The van der Waals surface area contributed by atoms with E-state index < -0.39 is 32.0 Å². The first kappa shape index (κ1) is 21.8. The number of piperidine rings is 1. The maximum absolute atomic E-state index is 12.7. The molecule has 3 rings (SSSR count). The van der Waals surface area contributed by atoms with Crippen molar-refractivity contribution in [1.82, 2.24) is 14.3 Å². The highest BCUT2D eigenvalue weighted by atomic mass is 35.5. The number of amides is 1. The molecule has 28 heavy (non-hydrogen) atoms. The van der Waals surface area contributed by atoms with Gasteiger partial charge >= 0.3 is 0 Å². The molecule has 1 aromatic carbocycles. The van der Waals surface area contributed by atoms with Gasteiger partial charge in [0, 0.05) is 25.2 Å². The zero-order chi connectivity index (χ0) is 20.7. The lowest BCUT2D eigenvalue weighted by Gasteiger charge is -2.31. The predicted octanol–water partition coefficient (Wildman–Crippen LogP) is 1.59. The first-order valence-corrected chi connectivity index (χ1v) is 12.8. The molecule has 12 heteroatoms. The van der Waals surface area contributed by atoms with E-state index in [4.69, 9.17) is 23.2 Å². The third-order valence-electron chi connectivity index (χ3n) is 4.64. The molecule has 2 fully saturated rings. The highest BCUT2D eigenvalue weighted by Crippen LogP contribution is 2.31. The van der Waals surface area contributed by atoms with Gasteiger partial charge in [0.25, 0.3) is 5.91 Å². The number of carbonyl (C=O) groups is 1. The van der Waals surface area contributed by atoms with Crippen molar-refractivity contribution in [1.29, 1.82) is 0 Å². The van der Waals surface area contributed by atoms with Gasteiger partial charge in [0.1, 0.15) is 4.90 Å². The summed E-state index contributed by atoms with van der Waals surface area (Å²) in [7, 11) is -7.22. The fraction of sp³-hybridized carbons (Fsp3) is 0.562. The summed E-state index contributed by atoms with van der Waals surface area (Å²) in [5.74, 6) is -0.579. The molecule has 1 unspecified atom stereocenters. The summed E-state index contributed by atoms with van der Waals surface area (Å²) in [4.78, 5) is 12.5. The Morgan fingerprint density at radius 2 is 1.75 bits per heavy atom. The summed E-state index contributed by atoms with van der Waals surface area (Å²) >= 11 is 12.2. The molecule has 1 heterocycles. The van der Waals surface area contributed by atoms with Crippen molar-refractivity contribution < 1.29 is 21.6 Å². The lowest BCUT2D eigenvalue weighted by atomic mass is 10.1. The maximum atomic E-state index is 12.7. The van der Waals surface area contributed by atoms with E-state index in [0.29, 0.717) is 19.4 Å². The van der Waals surface area contributed by atoms with Crippen molar-refractivity contribution in [3.05, 3.63) is 27.7 Å². The van der Waals surface area contributed by atoms with Crippen molar-refractivity contribution in [2.24, 2.45) is 0 Å². The van der Waals surface area contributed by atoms with Crippen LogP contribution in [0.5, 0.6) is 0 Å². The zero-order valence-electron chi connectivity index (χ0n) is 15.1. The van der Waals surface area contributed by atoms with Crippen molar-refractivity contribution in [3.8, 4) is 0 Å². The smallest absolute Gasteiger partial charge is 0.253 e. The van der Waals surface area contributed by atoms with E-state index in [1.807, 2.05) is 0 Å². The van der Waals surface area contributed by atoms with Gasteiger partial charge in [-0.15, -0.1) is 0 Å². The van der Waals surface area contributed by atoms with E-state index in [-0.39, 0.29) is 33.1 Å². The lowest BCUT2D eigenvalue weighted by Crippen LogP contribution is -2.49. The van der Waals surface area contributed by atoms with Crippen molar-refractivity contribution in [3.63, 3.8) is 0 Å². The van der Waals surface area contributed by atoms with E-state index in [1.165, 1.54) is 10.4 Å². The van der Waals surface area contributed by atoms with Gasteiger partial charge < -0.3 is 5.32 Å². The summed E-state index contributed by atoms with van der Waals surface area (Å²) in [5.41, 5.74) is -0.0290. The molecule has 0 bridgehead atoms. The second-order valence-corrected chi connectivity index (χ2v) is 11.6. The molecular weight excluding hydrogens is 449 g/mol. The highest BCUT2D eigenvalue weighted by Gasteiger charge is 2.31. The van der Waals surface area contributed by atoms with Crippen LogP contribution in [0.2, 0.25) is 10.0 Å². The van der Waals surface area contributed by atoms with Crippen molar-refractivity contribution in [2.45, 2.75) is 42.7 Å². The van der Waals surface area contributed by atoms with E-state index in [0.717, 1.165) is 25.2 Å². The SMILES string of the molecule is CS(=O)(=O)N1CCCC(NC(=O)c2cc(S(=O)(=O)NC3CC3)c(Cl)cc2Cl)C1. The standard InChI is InChI=1S/C16H21Cl2N3O5S2/c1-27(23,24)21-6-2-3-11(9-21)19-16(22)12-7-15(14(18)8-13(12)17)28(25,26)20-10-4-5-10/h7-8,10-11,20H,2-6,9H2,1H3,(H,19,22). The first-order valence-electron chi connectivity index (χ1n) is 8.75. The average Bonchev–Trinajstić information content (AvgIpc) is 3.37. The Labute approximate surface area is 174 Å². The fourth-order valence-corrected chi connectivity index (χ4v) is 6.09. The van der Waals surface area contributed by atoms with Gasteiger partial charge in [0.05, 0.1) is 21.9 Å². The van der Waals surface area contributed by atoms with Gasteiger partial charge in [-0.25, -0.2) is 25.9 Å². The van der Waals surface area contributed by atoms with Crippen molar-refractivity contribution >= 4 is 49.2 Å². The lowest BCUT2D eigenvalue weighted by molar-refractivity contribution is 0.0921. The molecular formula is C16H21Cl2N3O5S2. The monoisotopic (exact) mass is 469 g/mol. The Balaban J connectivity index is 1.80. The van der Waals surface area contributed by atoms with Gasteiger partial charge in [-0.1, -0.05) is 23.2 Å². The topological polar surface area (TPSA) is 113 Å². The van der Waals surface area contributed by atoms with E-state index in [9.17, 15) is 21.6 Å². The van der Waals surface area contributed by atoms with Crippen LogP contribution in [0.3, 0.4) is 0 Å². The minimum absolute atomic E-state index is 0.0173. The maximum Gasteiger partial charge on any atom is 0.253 e. The number of nitrogens with one attached hydrogen (secondary N) is 2. The predicted molar refractivity (Wildman–Crippen MR) is 107 cm³/mol. The molecule has 1 amide bonds. The number of benzene rings is 1.